The van der Waals surface area contributed by atoms with Crippen molar-refractivity contribution in [3.63, 3.8) is 0 Å². The lowest BCUT2D eigenvalue weighted by atomic mass is 10.1. The Morgan fingerprint density at radius 1 is 1.36 bits per heavy atom. The molecule has 0 unspecified atom stereocenters. The largest absolute Gasteiger partial charge is 0.481 e. The number of nitrogens with one attached hydrogen (secondary N) is 1. The Kier molecular flexibility index (Phi) is 4.96. The molecule has 1 aromatic rings. The van der Waals surface area contributed by atoms with Crippen LogP contribution in [-0.2, 0) is 9.59 Å². The number of carboxylic acid groups (broad SMARTS) is 1. The highest BCUT2D eigenvalue weighted by Gasteiger charge is 2.35. The highest BCUT2D eigenvalue weighted by molar-refractivity contribution is 6.30. The van der Waals surface area contributed by atoms with Crippen molar-refractivity contribution in [2.24, 2.45) is 5.92 Å². The molecule has 1 amide bonds. The van der Waals surface area contributed by atoms with E-state index in [1.54, 1.807) is 38.1 Å². The first-order valence-electron chi connectivity index (χ1n) is 7.26. The average Bonchev–Trinajstić information content (AvgIpc) is 2.87. The summed E-state index contributed by atoms with van der Waals surface area (Å²) in [6.45, 7) is 3.35. The molecule has 1 aliphatic rings. The van der Waals surface area contributed by atoms with Gasteiger partial charge in [-0.05, 0) is 51.3 Å². The van der Waals surface area contributed by atoms with Crippen LogP contribution in [0.5, 0.6) is 5.75 Å². The number of ether oxygens (including phenoxy) is 1. The van der Waals surface area contributed by atoms with Crippen LogP contribution in [-0.4, -0.2) is 28.6 Å². The van der Waals surface area contributed by atoms with E-state index in [0.717, 1.165) is 0 Å². The summed E-state index contributed by atoms with van der Waals surface area (Å²) in [5.41, 5.74) is -1.06. The number of carboxylic acids is 1. The molecule has 2 atom stereocenters. The zero-order valence-electron chi connectivity index (χ0n) is 12.6. The molecule has 1 aliphatic carbocycles. The second kappa shape index (κ2) is 6.57. The molecular weight excluding hydrogens is 306 g/mol. The predicted octanol–water partition coefficient (Wildman–Crippen LogP) is 2.87. The lowest BCUT2D eigenvalue weighted by Crippen LogP contribution is -2.49. The molecule has 120 valence electrons. The average molecular weight is 326 g/mol. The fourth-order valence-corrected chi connectivity index (χ4v) is 2.75. The molecule has 0 aliphatic heterocycles. The van der Waals surface area contributed by atoms with Crippen molar-refractivity contribution in [2.75, 3.05) is 0 Å². The Hall–Kier alpha value is -1.75. The standard InChI is InChI=1S/C16H20ClNO4/c1-16(2,22-13-5-3-4-11(17)9-13)15(21)18-12-7-6-10(8-12)14(19)20/h3-5,9-10,12H,6-8H2,1-2H3,(H,18,21)(H,19,20)/t10-,12+/m1/s1. The topological polar surface area (TPSA) is 75.6 Å². The number of carbonyl (C=O) groups excluding carboxylic acids is 1. The molecule has 1 aromatic carbocycles. The second-order valence-electron chi connectivity index (χ2n) is 6.09. The number of carbonyl (C=O) groups is 2. The maximum absolute atomic E-state index is 12.4. The first-order chi connectivity index (χ1) is 10.3. The molecule has 0 saturated heterocycles. The van der Waals surface area contributed by atoms with Crippen LogP contribution < -0.4 is 10.1 Å². The van der Waals surface area contributed by atoms with E-state index in [1.165, 1.54) is 0 Å². The van der Waals surface area contributed by atoms with Crippen LogP contribution in [0.4, 0.5) is 0 Å². The smallest absolute Gasteiger partial charge is 0.306 e. The molecule has 0 bridgehead atoms. The van der Waals surface area contributed by atoms with E-state index in [2.05, 4.69) is 5.32 Å². The summed E-state index contributed by atoms with van der Waals surface area (Å²) < 4.78 is 5.72. The van der Waals surface area contributed by atoms with E-state index in [0.29, 0.717) is 30.0 Å². The van der Waals surface area contributed by atoms with E-state index < -0.39 is 11.6 Å². The third kappa shape index (κ3) is 4.13. The monoisotopic (exact) mass is 325 g/mol. The van der Waals surface area contributed by atoms with Crippen LogP contribution in [0, 0.1) is 5.92 Å². The van der Waals surface area contributed by atoms with Crippen molar-refractivity contribution >= 4 is 23.5 Å². The third-order valence-electron chi connectivity index (χ3n) is 3.83. The minimum atomic E-state index is -1.06. The van der Waals surface area contributed by atoms with E-state index in [1.807, 2.05) is 0 Å². The van der Waals surface area contributed by atoms with Gasteiger partial charge in [-0.25, -0.2) is 0 Å². The zero-order valence-corrected chi connectivity index (χ0v) is 13.4. The molecule has 0 spiro atoms. The summed E-state index contributed by atoms with van der Waals surface area (Å²) in [7, 11) is 0. The van der Waals surface area contributed by atoms with Crippen molar-refractivity contribution < 1.29 is 19.4 Å². The molecule has 1 fully saturated rings. The van der Waals surface area contributed by atoms with Gasteiger partial charge in [-0.15, -0.1) is 0 Å². The van der Waals surface area contributed by atoms with Crippen molar-refractivity contribution in [1.82, 2.24) is 5.32 Å². The molecule has 22 heavy (non-hydrogen) atoms. The highest BCUT2D eigenvalue weighted by Crippen LogP contribution is 2.27. The fourth-order valence-electron chi connectivity index (χ4n) is 2.57. The van der Waals surface area contributed by atoms with Crippen LogP contribution in [0.3, 0.4) is 0 Å². The Balaban J connectivity index is 1.94. The van der Waals surface area contributed by atoms with Gasteiger partial charge in [-0.3, -0.25) is 9.59 Å². The van der Waals surface area contributed by atoms with Crippen molar-refractivity contribution in [3.05, 3.63) is 29.3 Å². The first-order valence-corrected chi connectivity index (χ1v) is 7.64. The number of hydrogen-bond acceptors (Lipinski definition) is 3. The maximum Gasteiger partial charge on any atom is 0.306 e. The van der Waals surface area contributed by atoms with Gasteiger partial charge in [-0.1, -0.05) is 17.7 Å². The normalized spacial score (nSPS) is 21.4. The van der Waals surface area contributed by atoms with Crippen LogP contribution in [0.1, 0.15) is 33.1 Å². The quantitative estimate of drug-likeness (QED) is 0.872. The van der Waals surface area contributed by atoms with Crippen molar-refractivity contribution in [3.8, 4) is 5.75 Å². The number of amides is 1. The Morgan fingerprint density at radius 2 is 2.09 bits per heavy atom. The SMILES string of the molecule is CC(C)(Oc1cccc(Cl)c1)C(=O)N[C@H]1CC[C@@H](C(=O)O)C1. The van der Waals surface area contributed by atoms with Gasteiger partial charge in [-0.2, -0.15) is 0 Å². The van der Waals surface area contributed by atoms with E-state index in [-0.39, 0.29) is 17.9 Å². The summed E-state index contributed by atoms with van der Waals surface area (Å²) in [6, 6.07) is 6.74. The second-order valence-corrected chi connectivity index (χ2v) is 6.52. The lowest BCUT2D eigenvalue weighted by Gasteiger charge is -2.27. The zero-order chi connectivity index (χ0) is 16.3. The van der Waals surface area contributed by atoms with Gasteiger partial charge in [0, 0.05) is 11.1 Å². The summed E-state index contributed by atoms with van der Waals surface area (Å²) >= 11 is 5.90. The number of halogens is 1. The maximum atomic E-state index is 12.4. The summed E-state index contributed by atoms with van der Waals surface area (Å²) in [5, 5.41) is 12.4. The van der Waals surface area contributed by atoms with Crippen molar-refractivity contribution in [1.29, 1.82) is 0 Å². The van der Waals surface area contributed by atoms with Crippen LogP contribution >= 0.6 is 11.6 Å². The molecule has 5 nitrogen and oxygen atoms in total. The molecule has 0 heterocycles. The van der Waals surface area contributed by atoms with Gasteiger partial charge in [0.15, 0.2) is 5.60 Å². The molecule has 2 N–H and O–H groups in total. The van der Waals surface area contributed by atoms with Crippen LogP contribution in [0.15, 0.2) is 24.3 Å². The molecule has 6 heteroatoms. The predicted molar refractivity (Wildman–Crippen MR) is 83.1 cm³/mol. The Labute approximate surface area is 134 Å². The molecular formula is C16H20ClNO4. The van der Waals surface area contributed by atoms with Gasteiger partial charge < -0.3 is 15.2 Å². The molecule has 1 saturated carbocycles. The number of aliphatic carboxylic acids is 1. The summed E-state index contributed by atoms with van der Waals surface area (Å²) in [6.07, 6.45) is 1.74. The minimum absolute atomic E-state index is 0.115. The number of hydrogen-bond donors (Lipinski definition) is 2. The Bertz CT molecular complexity index is 573. The molecule has 2 rings (SSSR count). The Morgan fingerprint density at radius 3 is 2.68 bits per heavy atom. The van der Waals surface area contributed by atoms with E-state index >= 15 is 0 Å². The van der Waals surface area contributed by atoms with Gasteiger partial charge in [0.1, 0.15) is 5.75 Å². The van der Waals surface area contributed by atoms with Crippen molar-refractivity contribution in [2.45, 2.75) is 44.8 Å². The lowest BCUT2D eigenvalue weighted by molar-refractivity contribution is -0.142. The highest BCUT2D eigenvalue weighted by atomic mass is 35.5. The van der Waals surface area contributed by atoms with E-state index in [9.17, 15) is 9.59 Å². The van der Waals surface area contributed by atoms with Crippen LogP contribution in [0.25, 0.3) is 0 Å². The third-order valence-corrected chi connectivity index (χ3v) is 4.07. The fraction of sp³-hybridized carbons (Fsp3) is 0.500. The van der Waals surface area contributed by atoms with Gasteiger partial charge in [0.25, 0.3) is 5.91 Å². The minimum Gasteiger partial charge on any atom is -0.481 e. The summed E-state index contributed by atoms with van der Waals surface area (Å²) in [5.74, 6) is -0.917. The summed E-state index contributed by atoms with van der Waals surface area (Å²) in [4.78, 5) is 23.3. The van der Waals surface area contributed by atoms with Crippen LogP contribution in [0.2, 0.25) is 5.02 Å². The van der Waals surface area contributed by atoms with Gasteiger partial charge >= 0.3 is 5.97 Å². The van der Waals surface area contributed by atoms with Gasteiger partial charge in [0.2, 0.25) is 0 Å². The van der Waals surface area contributed by atoms with E-state index in [4.69, 9.17) is 21.4 Å². The number of rotatable bonds is 5. The molecule has 0 aromatic heterocycles. The molecule has 0 radical (unpaired) electrons. The number of benzene rings is 1. The van der Waals surface area contributed by atoms with Gasteiger partial charge in [0.05, 0.1) is 5.92 Å². The first kappa shape index (κ1) is 16.6.